The van der Waals surface area contributed by atoms with Crippen LogP contribution in [0.1, 0.15) is 30.9 Å². The number of methoxy groups -OCH3 is 1. The second-order valence-corrected chi connectivity index (χ2v) is 6.48. The lowest BCUT2D eigenvalue weighted by molar-refractivity contribution is -0.123. The molecule has 1 aliphatic rings. The Balaban J connectivity index is 1.76. The van der Waals surface area contributed by atoms with Gasteiger partial charge in [0.2, 0.25) is 0 Å². The largest absolute Gasteiger partial charge is 0.493 e. The number of hydrogen-bond donors (Lipinski definition) is 1. The van der Waals surface area contributed by atoms with Crippen LogP contribution in [-0.4, -0.2) is 30.6 Å². The molecule has 0 unspecified atom stereocenters. The van der Waals surface area contributed by atoms with Gasteiger partial charge in [-0.1, -0.05) is 49.7 Å². The molecule has 28 heavy (non-hydrogen) atoms. The summed E-state index contributed by atoms with van der Waals surface area (Å²) in [7, 11) is 1.57. The SMILES string of the molecule is CCCCOc1ccc(/C=C2\NC(=O)N(Cc3ccccc3)C2=O)cc1OC. The molecule has 0 aliphatic carbocycles. The van der Waals surface area contributed by atoms with Gasteiger partial charge in [-0.15, -0.1) is 0 Å². The highest BCUT2D eigenvalue weighted by molar-refractivity contribution is 6.13. The maximum absolute atomic E-state index is 12.6. The van der Waals surface area contributed by atoms with Gasteiger partial charge in [0.15, 0.2) is 11.5 Å². The maximum atomic E-state index is 12.6. The van der Waals surface area contributed by atoms with Crippen molar-refractivity contribution in [3.05, 3.63) is 65.4 Å². The minimum Gasteiger partial charge on any atom is -0.493 e. The fourth-order valence-corrected chi connectivity index (χ4v) is 2.87. The van der Waals surface area contributed by atoms with Gasteiger partial charge in [0.05, 0.1) is 20.3 Å². The molecule has 1 saturated heterocycles. The van der Waals surface area contributed by atoms with Crippen molar-refractivity contribution in [1.29, 1.82) is 0 Å². The van der Waals surface area contributed by atoms with Crippen molar-refractivity contribution in [2.24, 2.45) is 0 Å². The second kappa shape index (κ2) is 9.08. The van der Waals surface area contributed by atoms with Gasteiger partial charge in [-0.3, -0.25) is 9.69 Å². The molecule has 2 aromatic carbocycles. The van der Waals surface area contributed by atoms with E-state index in [4.69, 9.17) is 9.47 Å². The van der Waals surface area contributed by atoms with Crippen molar-refractivity contribution >= 4 is 18.0 Å². The number of unbranched alkanes of at least 4 members (excludes halogenated alkanes) is 1. The third-order valence-corrected chi connectivity index (χ3v) is 4.40. The fourth-order valence-electron chi connectivity index (χ4n) is 2.87. The highest BCUT2D eigenvalue weighted by Crippen LogP contribution is 2.29. The van der Waals surface area contributed by atoms with E-state index in [2.05, 4.69) is 12.2 Å². The molecule has 6 heteroatoms. The molecule has 2 aromatic rings. The Morgan fingerprint density at radius 3 is 2.57 bits per heavy atom. The van der Waals surface area contributed by atoms with Crippen molar-refractivity contribution in [3.8, 4) is 11.5 Å². The fraction of sp³-hybridized carbons (Fsp3) is 0.273. The minimum absolute atomic E-state index is 0.233. The number of benzene rings is 2. The molecule has 1 fully saturated rings. The van der Waals surface area contributed by atoms with Crippen LogP contribution in [0.3, 0.4) is 0 Å². The number of nitrogens with one attached hydrogen (secondary N) is 1. The normalized spacial score (nSPS) is 15.1. The Hall–Kier alpha value is -3.28. The lowest BCUT2D eigenvalue weighted by Gasteiger charge is -2.12. The summed E-state index contributed by atoms with van der Waals surface area (Å²) in [6.07, 6.45) is 3.66. The summed E-state index contributed by atoms with van der Waals surface area (Å²) in [5, 5.41) is 2.64. The molecule has 0 radical (unpaired) electrons. The van der Waals surface area contributed by atoms with Crippen LogP contribution in [-0.2, 0) is 11.3 Å². The van der Waals surface area contributed by atoms with E-state index in [1.807, 2.05) is 42.5 Å². The van der Waals surface area contributed by atoms with Gasteiger partial charge in [-0.05, 0) is 35.8 Å². The average molecular weight is 380 g/mol. The summed E-state index contributed by atoms with van der Waals surface area (Å²) < 4.78 is 11.1. The van der Waals surface area contributed by atoms with E-state index in [9.17, 15) is 9.59 Å². The van der Waals surface area contributed by atoms with Crippen LogP contribution >= 0.6 is 0 Å². The molecule has 1 N–H and O–H groups in total. The first kappa shape index (κ1) is 19.5. The Morgan fingerprint density at radius 1 is 1.07 bits per heavy atom. The predicted molar refractivity (Wildman–Crippen MR) is 107 cm³/mol. The van der Waals surface area contributed by atoms with E-state index in [0.29, 0.717) is 18.1 Å². The van der Waals surface area contributed by atoms with E-state index in [-0.39, 0.29) is 18.1 Å². The van der Waals surface area contributed by atoms with Crippen LogP contribution in [0.2, 0.25) is 0 Å². The third-order valence-electron chi connectivity index (χ3n) is 4.40. The van der Waals surface area contributed by atoms with Gasteiger partial charge in [0.1, 0.15) is 5.70 Å². The molecule has 0 aromatic heterocycles. The number of rotatable bonds is 8. The van der Waals surface area contributed by atoms with Crippen LogP contribution in [0.4, 0.5) is 4.79 Å². The number of urea groups is 1. The number of ether oxygens (including phenoxy) is 2. The second-order valence-electron chi connectivity index (χ2n) is 6.48. The molecular weight excluding hydrogens is 356 g/mol. The number of carbonyl (C=O) groups is 2. The van der Waals surface area contributed by atoms with Gasteiger partial charge < -0.3 is 14.8 Å². The van der Waals surface area contributed by atoms with Gasteiger partial charge in [0.25, 0.3) is 5.91 Å². The summed E-state index contributed by atoms with van der Waals surface area (Å²) in [6, 6.07) is 14.4. The minimum atomic E-state index is -0.424. The number of amides is 3. The Bertz CT molecular complexity index is 877. The smallest absolute Gasteiger partial charge is 0.329 e. The van der Waals surface area contributed by atoms with Crippen molar-refractivity contribution in [1.82, 2.24) is 10.2 Å². The summed E-state index contributed by atoms with van der Waals surface area (Å²) >= 11 is 0. The van der Waals surface area contributed by atoms with E-state index in [0.717, 1.165) is 24.0 Å². The highest BCUT2D eigenvalue weighted by atomic mass is 16.5. The topological polar surface area (TPSA) is 67.9 Å². The molecule has 3 rings (SSSR count). The molecule has 1 heterocycles. The summed E-state index contributed by atoms with van der Waals surface area (Å²) in [6.45, 7) is 2.95. The van der Waals surface area contributed by atoms with E-state index >= 15 is 0 Å². The zero-order valence-corrected chi connectivity index (χ0v) is 16.1. The number of imide groups is 1. The molecule has 0 atom stereocenters. The zero-order valence-electron chi connectivity index (χ0n) is 16.1. The average Bonchev–Trinajstić information content (AvgIpc) is 2.97. The maximum Gasteiger partial charge on any atom is 0.329 e. The lowest BCUT2D eigenvalue weighted by atomic mass is 10.1. The first-order chi connectivity index (χ1) is 13.6. The number of hydrogen-bond acceptors (Lipinski definition) is 4. The first-order valence-electron chi connectivity index (χ1n) is 9.31. The molecule has 0 bridgehead atoms. The van der Waals surface area contributed by atoms with Crippen LogP contribution in [0.25, 0.3) is 6.08 Å². The van der Waals surface area contributed by atoms with Crippen molar-refractivity contribution in [3.63, 3.8) is 0 Å². The van der Waals surface area contributed by atoms with Gasteiger partial charge in [0, 0.05) is 0 Å². The van der Waals surface area contributed by atoms with Crippen LogP contribution in [0, 0.1) is 0 Å². The Morgan fingerprint density at radius 2 is 1.86 bits per heavy atom. The van der Waals surface area contributed by atoms with Gasteiger partial charge >= 0.3 is 6.03 Å². The van der Waals surface area contributed by atoms with Crippen LogP contribution in [0.15, 0.2) is 54.2 Å². The van der Waals surface area contributed by atoms with E-state index in [1.165, 1.54) is 4.90 Å². The quantitative estimate of drug-likeness (QED) is 0.427. The van der Waals surface area contributed by atoms with Gasteiger partial charge in [-0.2, -0.15) is 0 Å². The summed E-state index contributed by atoms with van der Waals surface area (Å²) in [4.78, 5) is 26.1. The molecule has 6 nitrogen and oxygen atoms in total. The molecule has 0 saturated carbocycles. The number of carbonyl (C=O) groups excluding carboxylic acids is 2. The van der Waals surface area contributed by atoms with E-state index < -0.39 is 6.03 Å². The Kier molecular flexibility index (Phi) is 6.32. The number of nitrogens with zero attached hydrogens (tertiary/aromatic N) is 1. The Labute approximate surface area is 164 Å². The monoisotopic (exact) mass is 380 g/mol. The first-order valence-corrected chi connectivity index (χ1v) is 9.31. The molecule has 0 spiro atoms. The van der Waals surface area contributed by atoms with E-state index in [1.54, 1.807) is 19.3 Å². The zero-order chi connectivity index (χ0) is 19.9. The van der Waals surface area contributed by atoms with Gasteiger partial charge in [-0.25, -0.2) is 4.79 Å². The molecule has 146 valence electrons. The predicted octanol–water partition coefficient (Wildman–Crippen LogP) is 3.97. The summed E-state index contributed by atoms with van der Waals surface area (Å²) in [5.74, 6) is 0.894. The van der Waals surface area contributed by atoms with Crippen molar-refractivity contribution in [2.45, 2.75) is 26.3 Å². The lowest BCUT2D eigenvalue weighted by Crippen LogP contribution is -2.30. The van der Waals surface area contributed by atoms with Crippen molar-refractivity contribution < 1.29 is 19.1 Å². The van der Waals surface area contributed by atoms with Crippen LogP contribution in [0.5, 0.6) is 11.5 Å². The highest BCUT2D eigenvalue weighted by Gasteiger charge is 2.33. The van der Waals surface area contributed by atoms with Crippen LogP contribution < -0.4 is 14.8 Å². The van der Waals surface area contributed by atoms with Crippen molar-refractivity contribution in [2.75, 3.05) is 13.7 Å². The standard InChI is InChI=1S/C22H24N2O4/c1-3-4-12-28-19-11-10-17(14-20(19)27-2)13-18-21(25)24(22(26)23-18)15-16-8-6-5-7-9-16/h5-11,13-14H,3-4,12,15H2,1-2H3,(H,23,26)/b18-13-. The third kappa shape index (κ3) is 4.52. The molecule has 3 amide bonds. The molecule has 1 aliphatic heterocycles. The molecular formula is C22H24N2O4. The summed E-state index contributed by atoms with van der Waals surface area (Å²) in [5.41, 5.74) is 1.87.